The van der Waals surface area contributed by atoms with Gasteiger partial charge in [0.2, 0.25) is 5.91 Å². The molecule has 1 saturated carbocycles. The summed E-state index contributed by atoms with van der Waals surface area (Å²) in [5.41, 5.74) is -0.0408. The first kappa shape index (κ1) is 17.4. The standard InChI is InChI=1S/C15H19F3N2O3/c1-20-7-6-9(8-20)12(15(16,17)18)19-13(21)10-4-3-5-11(10)14(22)23-2/h6-8,10-12H,3-5H2,1-2H3,(H,19,21)/t10-,11+,12-/m0/s1. The molecule has 1 aromatic heterocycles. The summed E-state index contributed by atoms with van der Waals surface area (Å²) in [4.78, 5) is 23.9. The summed E-state index contributed by atoms with van der Waals surface area (Å²) < 4.78 is 45.9. The molecular weight excluding hydrogens is 313 g/mol. The van der Waals surface area contributed by atoms with Gasteiger partial charge in [0.15, 0.2) is 6.04 Å². The molecule has 1 aliphatic carbocycles. The minimum atomic E-state index is -4.61. The Morgan fingerprint density at radius 3 is 2.52 bits per heavy atom. The molecule has 1 N–H and O–H groups in total. The number of methoxy groups -OCH3 is 1. The van der Waals surface area contributed by atoms with Crippen molar-refractivity contribution in [3.8, 4) is 0 Å². The fraction of sp³-hybridized carbons (Fsp3) is 0.600. The van der Waals surface area contributed by atoms with Gasteiger partial charge in [-0.2, -0.15) is 13.2 Å². The summed E-state index contributed by atoms with van der Waals surface area (Å²) in [5, 5.41) is 2.05. The molecule has 0 unspecified atom stereocenters. The Morgan fingerprint density at radius 1 is 1.35 bits per heavy atom. The maximum atomic E-state index is 13.3. The summed E-state index contributed by atoms with van der Waals surface area (Å²) in [7, 11) is 2.81. The number of alkyl halides is 3. The zero-order chi connectivity index (χ0) is 17.2. The Morgan fingerprint density at radius 2 is 2.00 bits per heavy atom. The number of hydrogen-bond acceptors (Lipinski definition) is 3. The van der Waals surface area contributed by atoms with Gasteiger partial charge >= 0.3 is 12.1 Å². The molecular formula is C15H19F3N2O3. The van der Waals surface area contributed by atoms with Crippen LogP contribution in [0.1, 0.15) is 30.9 Å². The van der Waals surface area contributed by atoms with Gasteiger partial charge in [-0.3, -0.25) is 9.59 Å². The number of nitrogens with one attached hydrogen (secondary N) is 1. The lowest BCUT2D eigenvalue weighted by atomic mass is 9.94. The highest BCUT2D eigenvalue weighted by Gasteiger charge is 2.45. The third kappa shape index (κ3) is 3.86. The zero-order valence-corrected chi connectivity index (χ0v) is 12.9. The van der Waals surface area contributed by atoms with Crippen LogP contribution in [-0.2, 0) is 21.4 Å². The topological polar surface area (TPSA) is 60.3 Å². The molecule has 0 saturated heterocycles. The van der Waals surface area contributed by atoms with E-state index in [1.807, 2.05) is 0 Å². The average molecular weight is 332 g/mol. The van der Waals surface area contributed by atoms with E-state index >= 15 is 0 Å². The Kier molecular flexibility index (Phi) is 5.01. The number of aryl methyl sites for hydroxylation is 1. The second-order valence-corrected chi connectivity index (χ2v) is 5.76. The molecule has 23 heavy (non-hydrogen) atoms. The largest absolute Gasteiger partial charge is 0.469 e. The summed E-state index contributed by atoms with van der Waals surface area (Å²) >= 11 is 0. The molecule has 128 valence electrons. The maximum Gasteiger partial charge on any atom is 0.412 e. The third-order valence-electron chi connectivity index (χ3n) is 4.16. The number of aromatic nitrogens is 1. The van der Waals surface area contributed by atoms with Gasteiger partial charge in [-0.1, -0.05) is 6.42 Å². The molecule has 5 nitrogen and oxygen atoms in total. The van der Waals surface area contributed by atoms with Crippen LogP contribution < -0.4 is 5.32 Å². The fourth-order valence-electron chi connectivity index (χ4n) is 3.01. The Balaban J connectivity index is 2.16. The van der Waals surface area contributed by atoms with E-state index in [1.165, 1.54) is 30.1 Å². The van der Waals surface area contributed by atoms with Crippen LogP contribution >= 0.6 is 0 Å². The van der Waals surface area contributed by atoms with Crippen molar-refractivity contribution in [3.05, 3.63) is 24.0 Å². The molecule has 1 aromatic rings. The van der Waals surface area contributed by atoms with Crippen molar-refractivity contribution >= 4 is 11.9 Å². The van der Waals surface area contributed by atoms with Crippen LogP contribution in [0.15, 0.2) is 18.5 Å². The highest BCUT2D eigenvalue weighted by molar-refractivity contribution is 5.86. The van der Waals surface area contributed by atoms with Crippen molar-refractivity contribution in [3.63, 3.8) is 0 Å². The van der Waals surface area contributed by atoms with E-state index in [2.05, 4.69) is 10.1 Å². The number of esters is 1. The Hall–Kier alpha value is -1.99. The minimum absolute atomic E-state index is 0.0408. The smallest absolute Gasteiger partial charge is 0.412 e. The molecule has 3 atom stereocenters. The quantitative estimate of drug-likeness (QED) is 0.861. The van der Waals surface area contributed by atoms with Crippen LogP contribution in [0.4, 0.5) is 13.2 Å². The van der Waals surface area contributed by atoms with Gasteiger partial charge in [-0.15, -0.1) is 0 Å². The van der Waals surface area contributed by atoms with Crippen molar-refractivity contribution in [1.82, 2.24) is 9.88 Å². The van der Waals surface area contributed by atoms with Crippen molar-refractivity contribution in [2.24, 2.45) is 18.9 Å². The van der Waals surface area contributed by atoms with Gasteiger partial charge in [0.25, 0.3) is 0 Å². The van der Waals surface area contributed by atoms with Gasteiger partial charge in [0.05, 0.1) is 18.9 Å². The van der Waals surface area contributed by atoms with E-state index in [-0.39, 0.29) is 5.56 Å². The van der Waals surface area contributed by atoms with E-state index in [0.29, 0.717) is 19.3 Å². The van der Waals surface area contributed by atoms with Gasteiger partial charge in [0.1, 0.15) is 0 Å². The summed E-state index contributed by atoms with van der Waals surface area (Å²) in [6, 6.07) is -0.777. The van der Waals surface area contributed by atoms with Crippen molar-refractivity contribution in [2.75, 3.05) is 7.11 Å². The Bertz CT molecular complexity index is 583. The van der Waals surface area contributed by atoms with E-state index < -0.39 is 35.9 Å². The first-order valence-electron chi connectivity index (χ1n) is 7.31. The first-order valence-corrected chi connectivity index (χ1v) is 7.31. The summed E-state index contributed by atoms with van der Waals surface area (Å²) in [6.07, 6.45) is -0.383. The number of hydrogen-bond donors (Lipinski definition) is 1. The molecule has 0 aliphatic heterocycles. The number of nitrogens with zero attached hydrogens (tertiary/aromatic N) is 1. The number of carbonyl (C=O) groups excluding carboxylic acids is 2. The monoisotopic (exact) mass is 332 g/mol. The fourth-order valence-corrected chi connectivity index (χ4v) is 3.01. The molecule has 1 heterocycles. The predicted molar refractivity (Wildman–Crippen MR) is 75.2 cm³/mol. The molecule has 0 aromatic carbocycles. The lowest BCUT2D eigenvalue weighted by Crippen LogP contribution is -2.42. The summed E-state index contributed by atoms with van der Waals surface area (Å²) in [5.74, 6) is -2.77. The highest BCUT2D eigenvalue weighted by atomic mass is 19.4. The second kappa shape index (κ2) is 6.64. The highest BCUT2D eigenvalue weighted by Crippen LogP contribution is 2.36. The van der Waals surface area contributed by atoms with E-state index in [0.717, 1.165) is 0 Å². The molecule has 0 radical (unpaired) electrons. The number of ether oxygens (including phenoxy) is 1. The zero-order valence-electron chi connectivity index (χ0n) is 12.9. The van der Waals surface area contributed by atoms with E-state index in [4.69, 9.17) is 0 Å². The molecule has 1 amide bonds. The second-order valence-electron chi connectivity index (χ2n) is 5.76. The molecule has 1 fully saturated rings. The molecule has 8 heteroatoms. The van der Waals surface area contributed by atoms with E-state index in [9.17, 15) is 22.8 Å². The van der Waals surface area contributed by atoms with Crippen LogP contribution in [0, 0.1) is 11.8 Å². The molecule has 0 spiro atoms. The van der Waals surface area contributed by atoms with Gasteiger partial charge < -0.3 is 14.6 Å². The number of rotatable bonds is 4. The van der Waals surface area contributed by atoms with Crippen molar-refractivity contribution in [2.45, 2.75) is 31.5 Å². The predicted octanol–water partition coefficient (Wildman–Crippen LogP) is 2.33. The van der Waals surface area contributed by atoms with Gasteiger partial charge in [-0.05, 0) is 18.9 Å². The SMILES string of the molecule is COC(=O)[C@@H]1CCC[C@@H]1C(=O)N[C@@H](c1ccn(C)c1)C(F)(F)F. The van der Waals surface area contributed by atoms with Crippen molar-refractivity contribution < 1.29 is 27.5 Å². The summed E-state index contributed by atoms with van der Waals surface area (Å²) in [6.45, 7) is 0. The maximum absolute atomic E-state index is 13.3. The average Bonchev–Trinajstić information content (AvgIpc) is 3.11. The number of halogens is 3. The number of carbonyl (C=O) groups is 2. The third-order valence-corrected chi connectivity index (χ3v) is 4.16. The van der Waals surface area contributed by atoms with Crippen LogP contribution in [0.5, 0.6) is 0 Å². The molecule has 0 bridgehead atoms. The van der Waals surface area contributed by atoms with Crippen molar-refractivity contribution in [1.29, 1.82) is 0 Å². The van der Waals surface area contributed by atoms with Gasteiger partial charge in [0, 0.05) is 25.0 Å². The number of amides is 1. The van der Waals surface area contributed by atoms with E-state index in [1.54, 1.807) is 7.05 Å². The Labute approximate surface area is 131 Å². The molecule has 2 rings (SSSR count). The normalized spacial score (nSPS) is 22.7. The lowest BCUT2D eigenvalue weighted by Gasteiger charge is -2.24. The minimum Gasteiger partial charge on any atom is -0.469 e. The van der Waals surface area contributed by atoms with Gasteiger partial charge in [-0.25, -0.2) is 0 Å². The van der Waals surface area contributed by atoms with Crippen LogP contribution in [-0.4, -0.2) is 29.7 Å². The van der Waals surface area contributed by atoms with Crippen LogP contribution in [0.25, 0.3) is 0 Å². The van der Waals surface area contributed by atoms with Crippen LogP contribution in [0.2, 0.25) is 0 Å². The molecule has 1 aliphatic rings. The first-order chi connectivity index (χ1) is 10.7. The van der Waals surface area contributed by atoms with Crippen LogP contribution in [0.3, 0.4) is 0 Å². The lowest BCUT2D eigenvalue weighted by molar-refractivity contribution is -0.165.